The highest BCUT2D eigenvalue weighted by molar-refractivity contribution is 14.0. The molecule has 1 aromatic rings. The number of benzene rings is 1. The van der Waals surface area contributed by atoms with Gasteiger partial charge in [0.15, 0.2) is 5.96 Å². The van der Waals surface area contributed by atoms with E-state index in [0.717, 1.165) is 58.1 Å². The van der Waals surface area contributed by atoms with Crippen molar-refractivity contribution in [2.45, 2.75) is 44.5 Å². The minimum atomic E-state index is 0. The highest BCUT2D eigenvalue weighted by atomic mass is 127. The molecule has 6 nitrogen and oxygen atoms in total. The van der Waals surface area contributed by atoms with Crippen molar-refractivity contribution in [2.75, 3.05) is 46.5 Å². The second kappa shape index (κ2) is 13.3. The van der Waals surface area contributed by atoms with Gasteiger partial charge in [0.2, 0.25) is 0 Å². The average molecular weight is 503 g/mol. The van der Waals surface area contributed by atoms with Gasteiger partial charge in [-0.25, -0.2) is 0 Å². The van der Waals surface area contributed by atoms with Crippen LogP contribution in [0.2, 0.25) is 0 Å². The van der Waals surface area contributed by atoms with Crippen molar-refractivity contribution < 1.29 is 14.2 Å². The summed E-state index contributed by atoms with van der Waals surface area (Å²) in [5, 5.41) is 3.41. The second-order valence-electron chi connectivity index (χ2n) is 7.17. The molecule has 28 heavy (non-hydrogen) atoms. The maximum absolute atomic E-state index is 6.05. The van der Waals surface area contributed by atoms with E-state index in [-0.39, 0.29) is 24.0 Å². The summed E-state index contributed by atoms with van der Waals surface area (Å²) < 4.78 is 17.4. The molecule has 1 N–H and O–H groups in total. The SMILES string of the molecule is CN=C(NCCOCc1ccccc1)N1CCC(OCC2CCCO2)CC1.I. The smallest absolute Gasteiger partial charge is 0.193 e. The first-order valence-corrected chi connectivity index (χ1v) is 10.2. The van der Waals surface area contributed by atoms with Crippen LogP contribution in [0, 0.1) is 0 Å². The van der Waals surface area contributed by atoms with Crippen LogP contribution in [-0.2, 0) is 20.8 Å². The maximum Gasteiger partial charge on any atom is 0.193 e. The zero-order chi connectivity index (χ0) is 18.7. The molecule has 0 bridgehead atoms. The van der Waals surface area contributed by atoms with Crippen LogP contribution >= 0.6 is 24.0 Å². The van der Waals surface area contributed by atoms with Gasteiger partial charge in [-0.15, -0.1) is 24.0 Å². The first kappa shape index (κ1) is 23.4. The molecule has 2 saturated heterocycles. The molecular weight excluding hydrogens is 469 g/mol. The zero-order valence-electron chi connectivity index (χ0n) is 16.8. The summed E-state index contributed by atoms with van der Waals surface area (Å²) in [6.07, 6.45) is 5.05. The third kappa shape index (κ3) is 7.85. The molecule has 2 aliphatic rings. The molecule has 0 radical (unpaired) electrons. The summed E-state index contributed by atoms with van der Waals surface area (Å²) in [5.74, 6) is 0.955. The van der Waals surface area contributed by atoms with Gasteiger partial charge in [0.05, 0.1) is 32.0 Å². The van der Waals surface area contributed by atoms with Crippen molar-refractivity contribution in [3.63, 3.8) is 0 Å². The number of halogens is 1. The minimum absolute atomic E-state index is 0. The summed E-state index contributed by atoms with van der Waals surface area (Å²) in [7, 11) is 1.84. The van der Waals surface area contributed by atoms with Crippen molar-refractivity contribution >= 4 is 29.9 Å². The second-order valence-corrected chi connectivity index (χ2v) is 7.17. The Morgan fingerprint density at radius 2 is 2.00 bits per heavy atom. The number of hydrogen-bond donors (Lipinski definition) is 1. The van der Waals surface area contributed by atoms with E-state index in [9.17, 15) is 0 Å². The molecule has 0 spiro atoms. The van der Waals surface area contributed by atoms with E-state index in [4.69, 9.17) is 14.2 Å². The Morgan fingerprint density at radius 3 is 2.68 bits per heavy atom. The first-order chi connectivity index (χ1) is 13.3. The van der Waals surface area contributed by atoms with E-state index in [2.05, 4.69) is 27.3 Å². The Labute approximate surface area is 186 Å². The molecule has 1 unspecified atom stereocenters. The Hall–Kier alpha value is -0.900. The van der Waals surface area contributed by atoms with Crippen LogP contribution in [0.15, 0.2) is 35.3 Å². The largest absolute Gasteiger partial charge is 0.376 e. The van der Waals surface area contributed by atoms with E-state index < -0.39 is 0 Å². The predicted molar refractivity (Wildman–Crippen MR) is 122 cm³/mol. The van der Waals surface area contributed by atoms with Crippen LogP contribution < -0.4 is 5.32 Å². The molecule has 1 aromatic carbocycles. The monoisotopic (exact) mass is 503 g/mol. The first-order valence-electron chi connectivity index (χ1n) is 10.2. The molecule has 7 heteroatoms. The number of aliphatic imine (C=N–C) groups is 1. The van der Waals surface area contributed by atoms with Gasteiger partial charge in [-0.2, -0.15) is 0 Å². The summed E-state index contributed by atoms with van der Waals surface area (Å²) in [4.78, 5) is 6.73. The topological polar surface area (TPSA) is 55.3 Å². The van der Waals surface area contributed by atoms with Crippen molar-refractivity contribution in [2.24, 2.45) is 4.99 Å². The minimum Gasteiger partial charge on any atom is -0.376 e. The number of piperidine rings is 1. The van der Waals surface area contributed by atoms with Crippen molar-refractivity contribution in [1.29, 1.82) is 0 Å². The summed E-state index contributed by atoms with van der Waals surface area (Å²) in [5.41, 5.74) is 1.20. The lowest BCUT2D eigenvalue weighted by molar-refractivity contribution is -0.0367. The van der Waals surface area contributed by atoms with Crippen LogP contribution in [0.3, 0.4) is 0 Å². The number of rotatable bonds is 8. The number of nitrogens with one attached hydrogen (secondary N) is 1. The molecule has 0 aromatic heterocycles. The number of likely N-dealkylation sites (tertiary alicyclic amines) is 1. The number of hydrogen-bond acceptors (Lipinski definition) is 4. The highest BCUT2D eigenvalue weighted by Gasteiger charge is 2.24. The maximum atomic E-state index is 6.05. The van der Waals surface area contributed by atoms with Gasteiger partial charge in [-0.05, 0) is 31.2 Å². The molecule has 2 aliphatic heterocycles. The summed E-state index contributed by atoms with van der Waals surface area (Å²) in [6.45, 7) is 5.65. The molecule has 158 valence electrons. The molecule has 2 fully saturated rings. The van der Waals surface area contributed by atoms with Gasteiger partial charge in [-0.3, -0.25) is 4.99 Å². The Bertz CT molecular complexity index is 559. The van der Waals surface area contributed by atoms with Crippen LogP contribution in [0.25, 0.3) is 0 Å². The fourth-order valence-corrected chi connectivity index (χ4v) is 3.58. The zero-order valence-corrected chi connectivity index (χ0v) is 19.2. The summed E-state index contributed by atoms with van der Waals surface area (Å²) >= 11 is 0. The number of guanidine groups is 1. The van der Waals surface area contributed by atoms with E-state index in [1.54, 1.807) is 0 Å². The van der Waals surface area contributed by atoms with Gasteiger partial charge in [0.1, 0.15) is 0 Å². The lowest BCUT2D eigenvalue weighted by Gasteiger charge is -2.34. The lowest BCUT2D eigenvalue weighted by atomic mass is 10.1. The number of ether oxygens (including phenoxy) is 3. The van der Waals surface area contributed by atoms with E-state index >= 15 is 0 Å². The highest BCUT2D eigenvalue weighted by Crippen LogP contribution is 2.17. The Morgan fingerprint density at radius 1 is 1.21 bits per heavy atom. The Balaban J connectivity index is 0.00000280. The van der Waals surface area contributed by atoms with Crippen LogP contribution in [0.5, 0.6) is 0 Å². The third-order valence-corrected chi connectivity index (χ3v) is 5.14. The van der Waals surface area contributed by atoms with Gasteiger partial charge in [0, 0.05) is 33.3 Å². The van der Waals surface area contributed by atoms with E-state index in [1.807, 2.05) is 25.2 Å². The molecule has 1 atom stereocenters. The Kier molecular flexibility index (Phi) is 11.1. The predicted octanol–water partition coefficient (Wildman–Crippen LogP) is 3.06. The average Bonchev–Trinajstić information content (AvgIpc) is 3.24. The lowest BCUT2D eigenvalue weighted by Crippen LogP contribution is -2.47. The molecular formula is C21H34IN3O3. The standard InChI is InChI=1S/C21H33N3O3.HI/c1-22-21(23-11-15-25-16-18-6-3-2-4-7-18)24-12-9-19(10-13-24)27-17-20-8-5-14-26-20;/h2-4,6-7,19-20H,5,8-17H2,1H3,(H,22,23);1H. The summed E-state index contributed by atoms with van der Waals surface area (Å²) in [6, 6.07) is 10.3. The van der Waals surface area contributed by atoms with Gasteiger partial charge < -0.3 is 24.4 Å². The van der Waals surface area contributed by atoms with E-state index in [1.165, 1.54) is 12.0 Å². The van der Waals surface area contributed by atoms with Gasteiger partial charge >= 0.3 is 0 Å². The fraction of sp³-hybridized carbons (Fsp3) is 0.667. The molecule has 3 rings (SSSR count). The van der Waals surface area contributed by atoms with Crippen molar-refractivity contribution in [1.82, 2.24) is 10.2 Å². The van der Waals surface area contributed by atoms with Crippen LogP contribution in [0.1, 0.15) is 31.2 Å². The molecule has 0 aliphatic carbocycles. The number of nitrogens with zero attached hydrogens (tertiary/aromatic N) is 2. The molecule has 2 heterocycles. The molecule has 0 saturated carbocycles. The fourth-order valence-electron chi connectivity index (χ4n) is 3.58. The molecule has 0 amide bonds. The third-order valence-electron chi connectivity index (χ3n) is 5.14. The van der Waals surface area contributed by atoms with Gasteiger partial charge in [0.25, 0.3) is 0 Å². The van der Waals surface area contributed by atoms with Crippen molar-refractivity contribution in [3.8, 4) is 0 Å². The van der Waals surface area contributed by atoms with Gasteiger partial charge in [-0.1, -0.05) is 30.3 Å². The van der Waals surface area contributed by atoms with Crippen LogP contribution in [-0.4, -0.2) is 69.6 Å². The van der Waals surface area contributed by atoms with Crippen molar-refractivity contribution in [3.05, 3.63) is 35.9 Å². The normalized spacial score (nSPS) is 20.8. The van der Waals surface area contributed by atoms with Crippen LogP contribution in [0.4, 0.5) is 0 Å². The quantitative estimate of drug-likeness (QED) is 0.256. The van der Waals surface area contributed by atoms with E-state index in [0.29, 0.717) is 25.4 Å².